The lowest BCUT2D eigenvalue weighted by atomic mass is 10.0. The fourth-order valence-electron chi connectivity index (χ4n) is 2.72. The van der Waals surface area contributed by atoms with Crippen molar-refractivity contribution in [3.63, 3.8) is 0 Å². The lowest BCUT2D eigenvalue weighted by Crippen LogP contribution is -2.22. The van der Waals surface area contributed by atoms with E-state index in [4.69, 9.17) is 10.00 Å². The molecule has 0 aliphatic heterocycles. The van der Waals surface area contributed by atoms with E-state index < -0.39 is 0 Å². The molecule has 0 unspecified atom stereocenters. The van der Waals surface area contributed by atoms with E-state index in [0.29, 0.717) is 11.6 Å². The van der Waals surface area contributed by atoms with Crippen LogP contribution >= 0.6 is 0 Å². The van der Waals surface area contributed by atoms with E-state index in [0.717, 1.165) is 18.2 Å². The van der Waals surface area contributed by atoms with Crippen molar-refractivity contribution in [3.8, 4) is 11.8 Å². The van der Waals surface area contributed by atoms with Gasteiger partial charge < -0.3 is 10.1 Å². The minimum absolute atomic E-state index is 0.390. The number of ether oxygens (including phenoxy) is 1. The first-order chi connectivity index (χ1) is 10.8. The standard InChI is InChI=1S/C19H20N2O/c1-22-18-10-8-17(9-11-18)19(16-6-7-16)21-13-15-4-2-14(12-20)3-5-15/h2-5,8-11,16,19,21H,6-7,13H2,1H3/t19-/m1/s1. The van der Waals surface area contributed by atoms with Crippen LogP contribution in [0.5, 0.6) is 5.75 Å². The number of benzene rings is 2. The van der Waals surface area contributed by atoms with Crippen LogP contribution < -0.4 is 10.1 Å². The Morgan fingerprint density at radius 2 is 1.82 bits per heavy atom. The molecule has 0 spiro atoms. The molecule has 3 rings (SSSR count). The smallest absolute Gasteiger partial charge is 0.118 e. The molecule has 0 heterocycles. The van der Waals surface area contributed by atoms with Gasteiger partial charge >= 0.3 is 0 Å². The Morgan fingerprint density at radius 1 is 1.14 bits per heavy atom. The number of methoxy groups -OCH3 is 1. The molecule has 0 aromatic heterocycles. The molecule has 1 fully saturated rings. The molecular weight excluding hydrogens is 272 g/mol. The van der Waals surface area contributed by atoms with Crippen LogP contribution in [-0.4, -0.2) is 7.11 Å². The molecule has 2 aromatic rings. The van der Waals surface area contributed by atoms with E-state index in [9.17, 15) is 0 Å². The Balaban J connectivity index is 1.67. The fourth-order valence-corrected chi connectivity index (χ4v) is 2.72. The Morgan fingerprint density at radius 3 is 2.36 bits per heavy atom. The second-order valence-corrected chi connectivity index (χ2v) is 5.78. The van der Waals surface area contributed by atoms with Crippen LogP contribution in [0.15, 0.2) is 48.5 Å². The molecule has 0 radical (unpaired) electrons. The maximum absolute atomic E-state index is 8.84. The third-order valence-corrected chi connectivity index (χ3v) is 4.18. The molecule has 0 saturated heterocycles. The van der Waals surface area contributed by atoms with Crippen molar-refractivity contribution in [2.45, 2.75) is 25.4 Å². The number of nitriles is 1. The second kappa shape index (κ2) is 6.64. The summed E-state index contributed by atoms with van der Waals surface area (Å²) in [6.07, 6.45) is 2.58. The average Bonchev–Trinajstić information content (AvgIpc) is 3.41. The molecule has 0 amide bonds. The molecule has 2 aromatic carbocycles. The van der Waals surface area contributed by atoms with E-state index in [1.165, 1.54) is 24.0 Å². The van der Waals surface area contributed by atoms with Gasteiger partial charge in [0.15, 0.2) is 0 Å². The van der Waals surface area contributed by atoms with Crippen molar-refractivity contribution in [1.82, 2.24) is 5.32 Å². The Hall–Kier alpha value is -2.31. The average molecular weight is 292 g/mol. The van der Waals surface area contributed by atoms with E-state index in [2.05, 4.69) is 23.5 Å². The number of nitrogens with one attached hydrogen (secondary N) is 1. The minimum Gasteiger partial charge on any atom is -0.497 e. The first-order valence-electron chi connectivity index (χ1n) is 7.66. The quantitative estimate of drug-likeness (QED) is 0.880. The molecule has 1 atom stereocenters. The number of rotatable bonds is 6. The highest BCUT2D eigenvalue weighted by atomic mass is 16.5. The summed E-state index contributed by atoms with van der Waals surface area (Å²) in [4.78, 5) is 0. The maximum Gasteiger partial charge on any atom is 0.118 e. The number of nitrogens with zero attached hydrogens (tertiary/aromatic N) is 1. The fraction of sp³-hybridized carbons (Fsp3) is 0.316. The largest absolute Gasteiger partial charge is 0.497 e. The highest BCUT2D eigenvalue weighted by Gasteiger charge is 2.31. The van der Waals surface area contributed by atoms with Gasteiger partial charge in [-0.15, -0.1) is 0 Å². The van der Waals surface area contributed by atoms with Gasteiger partial charge in [0.1, 0.15) is 5.75 Å². The summed E-state index contributed by atoms with van der Waals surface area (Å²) < 4.78 is 5.23. The highest BCUT2D eigenvalue weighted by molar-refractivity contribution is 5.32. The maximum atomic E-state index is 8.84. The van der Waals surface area contributed by atoms with Crippen LogP contribution in [0.1, 0.15) is 35.6 Å². The molecule has 112 valence electrons. The molecule has 1 saturated carbocycles. The molecule has 3 nitrogen and oxygen atoms in total. The van der Waals surface area contributed by atoms with E-state index in [-0.39, 0.29) is 0 Å². The predicted octanol–water partition coefficient (Wildman–Crippen LogP) is 3.81. The zero-order chi connectivity index (χ0) is 15.4. The van der Waals surface area contributed by atoms with Crippen molar-refractivity contribution in [2.24, 2.45) is 5.92 Å². The summed E-state index contributed by atoms with van der Waals surface area (Å²) in [5.74, 6) is 1.62. The second-order valence-electron chi connectivity index (χ2n) is 5.78. The van der Waals surface area contributed by atoms with Crippen LogP contribution in [0.4, 0.5) is 0 Å². The zero-order valence-corrected chi connectivity index (χ0v) is 12.8. The first-order valence-corrected chi connectivity index (χ1v) is 7.66. The van der Waals surface area contributed by atoms with Gasteiger partial charge in [0, 0.05) is 12.6 Å². The third-order valence-electron chi connectivity index (χ3n) is 4.18. The van der Waals surface area contributed by atoms with Crippen LogP contribution in [0.2, 0.25) is 0 Å². The van der Waals surface area contributed by atoms with Crippen molar-refractivity contribution in [1.29, 1.82) is 5.26 Å². The monoisotopic (exact) mass is 292 g/mol. The van der Waals surface area contributed by atoms with Gasteiger partial charge in [-0.25, -0.2) is 0 Å². The summed E-state index contributed by atoms with van der Waals surface area (Å²) in [7, 11) is 1.69. The van der Waals surface area contributed by atoms with E-state index in [1.54, 1.807) is 7.11 Å². The molecule has 3 heteroatoms. The molecule has 1 aliphatic rings. The normalized spacial score (nSPS) is 15.1. The molecule has 1 N–H and O–H groups in total. The van der Waals surface area contributed by atoms with E-state index in [1.807, 2.05) is 36.4 Å². The van der Waals surface area contributed by atoms with Crippen molar-refractivity contribution < 1.29 is 4.74 Å². The van der Waals surface area contributed by atoms with Crippen LogP contribution in [0.25, 0.3) is 0 Å². The van der Waals surface area contributed by atoms with Crippen LogP contribution in [-0.2, 0) is 6.54 Å². The summed E-state index contributed by atoms with van der Waals surface area (Å²) >= 11 is 0. The summed E-state index contributed by atoms with van der Waals surface area (Å²) in [6, 6.07) is 18.7. The number of hydrogen-bond donors (Lipinski definition) is 1. The lowest BCUT2D eigenvalue weighted by Gasteiger charge is -2.19. The van der Waals surface area contributed by atoms with E-state index >= 15 is 0 Å². The third kappa shape index (κ3) is 3.47. The van der Waals surface area contributed by atoms with Crippen LogP contribution in [0, 0.1) is 17.2 Å². The Bertz CT molecular complexity index is 651. The predicted molar refractivity (Wildman–Crippen MR) is 86.5 cm³/mol. The van der Waals surface area contributed by atoms with Gasteiger partial charge in [-0.2, -0.15) is 5.26 Å². The topological polar surface area (TPSA) is 45.0 Å². The SMILES string of the molecule is COc1ccc([C@H](NCc2ccc(C#N)cc2)C2CC2)cc1. The molecule has 22 heavy (non-hydrogen) atoms. The van der Waals surface area contributed by atoms with Gasteiger partial charge in [0.05, 0.1) is 18.7 Å². The molecular formula is C19H20N2O. The highest BCUT2D eigenvalue weighted by Crippen LogP contribution is 2.41. The first kappa shape index (κ1) is 14.6. The van der Waals surface area contributed by atoms with Gasteiger partial charge in [-0.3, -0.25) is 0 Å². The molecule has 0 bridgehead atoms. The van der Waals surface area contributed by atoms with Crippen molar-refractivity contribution in [2.75, 3.05) is 7.11 Å². The van der Waals surface area contributed by atoms with Gasteiger partial charge in [-0.1, -0.05) is 24.3 Å². The zero-order valence-electron chi connectivity index (χ0n) is 12.8. The number of hydrogen-bond acceptors (Lipinski definition) is 3. The summed E-state index contributed by atoms with van der Waals surface area (Å²) in [5.41, 5.74) is 3.23. The van der Waals surface area contributed by atoms with Gasteiger partial charge in [-0.05, 0) is 54.2 Å². The summed E-state index contributed by atoms with van der Waals surface area (Å²) in [6.45, 7) is 0.818. The van der Waals surface area contributed by atoms with Crippen LogP contribution in [0.3, 0.4) is 0 Å². The minimum atomic E-state index is 0.390. The summed E-state index contributed by atoms with van der Waals surface area (Å²) in [5, 5.41) is 12.5. The Kier molecular flexibility index (Phi) is 4.41. The Labute approximate surface area is 131 Å². The lowest BCUT2D eigenvalue weighted by molar-refractivity contribution is 0.413. The van der Waals surface area contributed by atoms with Crippen molar-refractivity contribution >= 4 is 0 Å². The van der Waals surface area contributed by atoms with Gasteiger partial charge in [0.25, 0.3) is 0 Å². The molecule has 1 aliphatic carbocycles. The van der Waals surface area contributed by atoms with Gasteiger partial charge in [0.2, 0.25) is 0 Å². The van der Waals surface area contributed by atoms with Crippen molar-refractivity contribution in [3.05, 3.63) is 65.2 Å².